The van der Waals surface area contributed by atoms with Gasteiger partial charge in [-0.3, -0.25) is 14.9 Å². The van der Waals surface area contributed by atoms with Crippen LogP contribution in [0.15, 0.2) is 48.5 Å². The van der Waals surface area contributed by atoms with E-state index in [1.165, 1.54) is 38.1 Å². The smallest absolute Gasteiger partial charge is 0.269 e. The first-order valence-electron chi connectivity index (χ1n) is 12.1. The Bertz CT molecular complexity index is 931. The second-order valence-electron chi connectivity index (χ2n) is 9.18. The fourth-order valence-electron chi connectivity index (χ4n) is 5.07. The van der Waals surface area contributed by atoms with Crippen molar-refractivity contribution >= 4 is 17.3 Å². The molecular formula is C26H33N3O4. The average molecular weight is 452 g/mol. The van der Waals surface area contributed by atoms with Crippen LogP contribution in [0.1, 0.15) is 56.9 Å². The number of amides is 1. The number of carbonyl (C=O) groups excluding carboxylic acids is 1. The van der Waals surface area contributed by atoms with E-state index in [4.69, 9.17) is 4.74 Å². The fraction of sp³-hybridized carbons (Fsp3) is 0.500. The number of nitro groups is 1. The highest BCUT2D eigenvalue weighted by molar-refractivity contribution is 5.99. The van der Waals surface area contributed by atoms with Crippen molar-refractivity contribution in [2.45, 2.75) is 56.8 Å². The largest absolute Gasteiger partial charge is 0.494 e. The second kappa shape index (κ2) is 10.8. The fourth-order valence-corrected chi connectivity index (χ4v) is 5.07. The Labute approximate surface area is 195 Å². The third-order valence-corrected chi connectivity index (χ3v) is 6.97. The molecule has 1 aliphatic heterocycles. The summed E-state index contributed by atoms with van der Waals surface area (Å²) in [6.07, 6.45) is 8.15. The predicted octanol–water partition coefficient (Wildman–Crippen LogP) is 5.30. The van der Waals surface area contributed by atoms with Crippen molar-refractivity contribution in [3.8, 4) is 5.75 Å². The molecule has 7 nitrogen and oxygen atoms in total. The number of nitrogens with zero attached hydrogens (tertiary/aromatic N) is 2. The zero-order chi connectivity index (χ0) is 23.1. The number of hydrogen-bond acceptors (Lipinski definition) is 5. The molecule has 176 valence electrons. The maximum absolute atomic E-state index is 13.4. The Kier molecular flexibility index (Phi) is 7.60. The third-order valence-electron chi connectivity index (χ3n) is 6.97. The number of ether oxygens (including phenoxy) is 1. The molecule has 1 heterocycles. The summed E-state index contributed by atoms with van der Waals surface area (Å²) in [5.41, 5.74) is 0.971. The Morgan fingerprint density at radius 2 is 1.64 bits per heavy atom. The number of benzene rings is 2. The van der Waals surface area contributed by atoms with Gasteiger partial charge in [-0.2, -0.15) is 0 Å². The first-order valence-corrected chi connectivity index (χ1v) is 12.1. The van der Waals surface area contributed by atoms with E-state index in [9.17, 15) is 14.9 Å². The van der Waals surface area contributed by atoms with Gasteiger partial charge in [0.2, 0.25) is 5.91 Å². The first kappa shape index (κ1) is 23.2. The molecule has 2 aromatic rings. The maximum Gasteiger partial charge on any atom is 0.269 e. The van der Waals surface area contributed by atoms with Gasteiger partial charge in [0.05, 0.1) is 16.9 Å². The molecule has 1 amide bonds. The summed E-state index contributed by atoms with van der Waals surface area (Å²) in [5, 5.41) is 14.1. The van der Waals surface area contributed by atoms with Gasteiger partial charge in [0.1, 0.15) is 5.75 Å². The van der Waals surface area contributed by atoms with Gasteiger partial charge in [-0.05, 0) is 75.0 Å². The monoisotopic (exact) mass is 451 g/mol. The SMILES string of the molecule is O=C(Nc1ccc(OCCCN2CCCC2)cc1)C1(c2ccc([N+](=O)[O-])cc2)CCCCC1. The van der Waals surface area contributed by atoms with Gasteiger partial charge in [0, 0.05) is 24.4 Å². The van der Waals surface area contributed by atoms with Crippen LogP contribution < -0.4 is 10.1 Å². The van der Waals surface area contributed by atoms with Crippen molar-refractivity contribution < 1.29 is 14.5 Å². The van der Waals surface area contributed by atoms with E-state index >= 15 is 0 Å². The zero-order valence-electron chi connectivity index (χ0n) is 19.1. The number of rotatable bonds is 9. The molecule has 0 unspecified atom stereocenters. The van der Waals surface area contributed by atoms with Crippen molar-refractivity contribution in [2.24, 2.45) is 0 Å². The van der Waals surface area contributed by atoms with Crippen molar-refractivity contribution in [3.63, 3.8) is 0 Å². The molecule has 1 saturated heterocycles. The Balaban J connectivity index is 1.36. The van der Waals surface area contributed by atoms with Gasteiger partial charge in [0.15, 0.2) is 0 Å². The first-order chi connectivity index (χ1) is 16.1. The molecule has 7 heteroatoms. The Hall–Kier alpha value is -2.93. The summed E-state index contributed by atoms with van der Waals surface area (Å²) in [7, 11) is 0. The number of carbonyl (C=O) groups is 1. The average Bonchev–Trinajstić information content (AvgIpc) is 3.37. The summed E-state index contributed by atoms with van der Waals surface area (Å²) in [6.45, 7) is 4.18. The van der Waals surface area contributed by atoms with Crippen LogP contribution in [0.25, 0.3) is 0 Å². The van der Waals surface area contributed by atoms with Crippen LogP contribution in [0, 0.1) is 10.1 Å². The molecule has 2 fully saturated rings. The van der Waals surface area contributed by atoms with Gasteiger partial charge in [-0.1, -0.05) is 31.4 Å². The standard InChI is InChI=1S/C26H33N3O4/c30-25(26(15-2-1-3-16-26)21-7-11-23(12-8-21)29(31)32)27-22-9-13-24(14-10-22)33-20-6-19-28-17-4-5-18-28/h7-14H,1-6,15-20H2,(H,27,30). The van der Waals surface area contributed by atoms with Crippen LogP contribution in [0.4, 0.5) is 11.4 Å². The topological polar surface area (TPSA) is 84.7 Å². The number of non-ortho nitro benzene ring substituents is 1. The minimum atomic E-state index is -0.655. The Morgan fingerprint density at radius 3 is 2.27 bits per heavy atom. The van der Waals surface area contributed by atoms with Gasteiger partial charge in [0.25, 0.3) is 5.69 Å². The minimum absolute atomic E-state index is 0.0427. The number of nitro benzene ring substituents is 1. The van der Waals surface area contributed by atoms with Crippen LogP contribution in [0.2, 0.25) is 0 Å². The van der Waals surface area contributed by atoms with Crippen LogP contribution >= 0.6 is 0 Å². The van der Waals surface area contributed by atoms with Crippen LogP contribution in [0.5, 0.6) is 5.75 Å². The summed E-state index contributed by atoms with van der Waals surface area (Å²) < 4.78 is 5.87. The second-order valence-corrected chi connectivity index (χ2v) is 9.18. The molecule has 1 N–H and O–H groups in total. The highest BCUT2D eigenvalue weighted by atomic mass is 16.6. The molecule has 4 rings (SSSR count). The predicted molar refractivity (Wildman–Crippen MR) is 129 cm³/mol. The van der Waals surface area contributed by atoms with E-state index in [-0.39, 0.29) is 11.6 Å². The van der Waals surface area contributed by atoms with E-state index in [1.54, 1.807) is 12.1 Å². The van der Waals surface area contributed by atoms with Crippen LogP contribution in [0.3, 0.4) is 0 Å². The molecular weight excluding hydrogens is 418 g/mol. The van der Waals surface area contributed by atoms with Gasteiger partial charge >= 0.3 is 0 Å². The minimum Gasteiger partial charge on any atom is -0.494 e. The normalized spacial score (nSPS) is 18.1. The summed E-state index contributed by atoms with van der Waals surface area (Å²) in [5.74, 6) is 0.757. The zero-order valence-corrected chi connectivity index (χ0v) is 19.1. The molecule has 1 aliphatic carbocycles. The summed E-state index contributed by atoms with van der Waals surface area (Å²) in [6, 6.07) is 14.0. The lowest BCUT2D eigenvalue weighted by molar-refractivity contribution is -0.384. The van der Waals surface area contributed by atoms with E-state index in [0.29, 0.717) is 6.61 Å². The van der Waals surface area contributed by atoms with Crippen LogP contribution in [-0.4, -0.2) is 42.0 Å². The molecule has 2 aromatic carbocycles. The summed E-state index contributed by atoms with van der Waals surface area (Å²) in [4.78, 5) is 26.5. The van der Waals surface area contributed by atoms with E-state index in [2.05, 4.69) is 10.2 Å². The lowest BCUT2D eigenvalue weighted by Crippen LogP contribution is -2.42. The van der Waals surface area contributed by atoms with Crippen molar-refractivity contribution in [1.29, 1.82) is 0 Å². The molecule has 33 heavy (non-hydrogen) atoms. The highest BCUT2D eigenvalue weighted by Crippen LogP contribution is 2.41. The lowest BCUT2D eigenvalue weighted by atomic mass is 9.68. The van der Waals surface area contributed by atoms with Gasteiger partial charge < -0.3 is 15.0 Å². The molecule has 0 bridgehead atoms. The number of likely N-dealkylation sites (tertiary alicyclic amines) is 1. The molecule has 2 aliphatic rings. The van der Waals surface area contributed by atoms with Crippen molar-refractivity contribution in [3.05, 3.63) is 64.2 Å². The lowest BCUT2D eigenvalue weighted by Gasteiger charge is -2.36. The number of nitrogens with one attached hydrogen (secondary N) is 1. The van der Waals surface area contributed by atoms with Crippen LogP contribution in [-0.2, 0) is 10.2 Å². The van der Waals surface area contributed by atoms with Gasteiger partial charge in [-0.25, -0.2) is 0 Å². The molecule has 0 radical (unpaired) electrons. The van der Waals surface area contributed by atoms with Gasteiger partial charge in [-0.15, -0.1) is 0 Å². The van der Waals surface area contributed by atoms with E-state index < -0.39 is 10.3 Å². The molecule has 0 atom stereocenters. The molecule has 0 aromatic heterocycles. The summed E-state index contributed by atoms with van der Waals surface area (Å²) >= 11 is 0. The highest BCUT2D eigenvalue weighted by Gasteiger charge is 2.41. The molecule has 1 saturated carbocycles. The van der Waals surface area contributed by atoms with Crippen molar-refractivity contribution in [2.75, 3.05) is 31.6 Å². The quantitative estimate of drug-likeness (QED) is 0.318. The maximum atomic E-state index is 13.4. The van der Waals surface area contributed by atoms with E-state index in [0.717, 1.165) is 62.1 Å². The Morgan fingerprint density at radius 1 is 0.970 bits per heavy atom. The number of hydrogen-bond donors (Lipinski definition) is 1. The van der Waals surface area contributed by atoms with Crippen molar-refractivity contribution in [1.82, 2.24) is 4.90 Å². The number of anilines is 1. The molecule has 0 spiro atoms. The third kappa shape index (κ3) is 5.71. The van der Waals surface area contributed by atoms with E-state index in [1.807, 2.05) is 24.3 Å².